The first kappa shape index (κ1) is 27.5. The Balaban J connectivity index is 1.32. The lowest BCUT2D eigenvalue weighted by Gasteiger charge is -2.38. The maximum absolute atomic E-state index is 13.2. The lowest BCUT2D eigenvalue weighted by Crippen LogP contribution is -2.58. The fraction of sp³-hybridized carbons (Fsp3) is 0.444. The molecule has 5 rings (SSSR count). The Kier molecular flexibility index (Phi) is 7.64. The summed E-state index contributed by atoms with van der Waals surface area (Å²) in [6, 6.07) is 10.8. The molecule has 0 aliphatic carbocycles. The molecule has 1 aromatic heterocycles. The lowest BCUT2D eigenvalue weighted by atomic mass is 10.00. The average molecular weight is 547 g/mol. The molecule has 2 fully saturated rings. The second-order valence-electron chi connectivity index (χ2n) is 9.76. The van der Waals surface area contributed by atoms with Crippen molar-refractivity contribution in [2.45, 2.75) is 75.3 Å². The topological polar surface area (TPSA) is 189 Å². The van der Waals surface area contributed by atoms with Crippen LogP contribution in [-0.2, 0) is 9.47 Å². The predicted molar refractivity (Wildman–Crippen MR) is 134 cm³/mol. The van der Waals surface area contributed by atoms with Crippen LogP contribution >= 0.6 is 0 Å². The number of rotatable bonds is 5. The molecule has 39 heavy (non-hydrogen) atoms. The van der Waals surface area contributed by atoms with E-state index in [-0.39, 0.29) is 27.7 Å². The first-order valence-corrected chi connectivity index (χ1v) is 12.4. The molecule has 0 spiro atoms. The van der Waals surface area contributed by atoms with Crippen LogP contribution < -0.4 is 14.9 Å². The maximum Gasteiger partial charge on any atom is 0.229 e. The number of hydrogen-bond donors (Lipinski definition) is 6. The van der Waals surface area contributed by atoms with E-state index in [0.717, 1.165) is 0 Å². The zero-order valence-electron chi connectivity index (χ0n) is 21.0. The van der Waals surface area contributed by atoms with Gasteiger partial charge in [0.05, 0.1) is 23.2 Å². The highest BCUT2D eigenvalue weighted by atomic mass is 16.7. The Morgan fingerprint density at radius 3 is 1.74 bits per heavy atom. The summed E-state index contributed by atoms with van der Waals surface area (Å²) < 4.78 is 27.9. The van der Waals surface area contributed by atoms with Crippen molar-refractivity contribution in [2.75, 3.05) is 0 Å². The zero-order chi connectivity index (χ0) is 28.0. The fourth-order valence-electron chi connectivity index (χ4n) is 4.58. The standard InChI is InChI=1S/C27H30O12/c1-11-19(28)22(31)24(33)26(36-11)38-14-5-3-13(4-6-14)17-10-35-18-9-15(7-8-16(18)21(17)30)39-27-25(34)23(32)20(29)12(2)37-27/h3-12,19-20,22-29,31-34H,1-2H3/t11-,12+,19+,20+,22-,23-,24-,25-,26+,27-/m1/s1. The van der Waals surface area contributed by atoms with Gasteiger partial charge in [0, 0.05) is 6.07 Å². The van der Waals surface area contributed by atoms with Crippen molar-refractivity contribution in [1.82, 2.24) is 0 Å². The van der Waals surface area contributed by atoms with E-state index in [0.29, 0.717) is 11.3 Å². The molecule has 2 aromatic carbocycles. The zero-order valence-corrected chi connectivity index (χ0v) is 21.0. The van der Waals surface area contributed by atoms with E-state index in [4.69, 9.17) is 23.4 Å². The molecule has 2 aliphatic rings. The minimum absolute atomic E-state index is 0.221. The van der Waals surface area contributed by atoms with Gasteiger partial charge in [0.2, 0.25) is 12.6 Å². The van der Waals surface area contributed by atoms with Gasteiger partial charge in [-0.05, 0) is 43.7 Å². The number of benzene rings is 2. The van der Waals surface area contributed by atoms with Crippen molar-refractivity contribution in [2.24, 2.45) is 0 Å². The van der Waals surface area contributed by atoms with Crippen molar-refractivity contribution in [3.8, 4) is 22.6 Å². The largest absolute Gasteiger partial charge is 0.463 e. The van der Waals surface area contributed by atoms with E-state index in [9.17, 15) is 35.4 Å². The molecule has 12 nitrogen and oxygen atoms in total. The van der Waals surface area contributed by atoms with E-state index in [1.165, 1.54) is 24.5 Å². The summed E-state index contributed by atoms with van der Waals surface area (Å²) in [6.45, 7) is 3.09. The predicted octanol–water partition coefficient (Wildman–Crippen LogP) is -0.127. The van der Waals surface area contributed by atoms with Crippen LogP contribution in [-0.4, -0.2) is 92.1 Å². The van der Waals surface area contributed by atoms with Crippen molar-refractivity contribution < 1.29 is 54.0 Å². The number of hydrogen-bond acceptors (Lipinski definition) is 12. The molecule has 0 saturated carbocycles. The molecule has 3 heterocycles. The molecular formula is C27H30O12. The molecule has 12 heteroatoms. The van der Waals surface area contributed by atoms with Gasteiger partial charge >= 0.3 is 0 Å². The maximum atomic E-state index is 13.2. The van der Waals surface area contributed by atoms with Crippen molar-refractivity contribution in [3.05, 3.63) is 59.0 Å². The summed E-state index contributed by atoms with van der Waals surface area (Å²) in [5, 5.41) is 60.2. The van der Waals surface area contributed by atoms with Crippen LogP contribution in [0.15, 0.2) is 57.9 Å². The number of aliphatic hydroxyl groups excluding tert-OH is 6. The third-order valence-corrected chi connectivity index (χ3v) is 7.03. The fourth-order valence-corrected chi connectivity index (χ4v) is 4.58. The van der Waals surface area contributed by atoms with Crippen LogP contribution in [0.5, 0.6) is 11.5 Å². The first-order valence-electron chi connectivity index (χ1n) is 12.4. The Morgan fingerprint density at radius 2 is 1.18 bits per heavy atom. The summed E-state index contributed by atoms with van der Waals surface area (Å²) in [5.41, 5.74) is 0.723. The van der Waals surface area contributed by atoms with Gasteiger partial charge in [-0.3, -0.25) is 4.79 Å². The summed E-state index contributed by atoms with van der Waals surface area (Å²) >= 11 is 0. The number of ether oxygens (including phenoxy) is 4. The Morgan fingerprint density at radius 1 is 0.667 bits per heavy atom. The molecule has 0 bridgehead atoms. The second-order valence-corrected chi connectivity index (χ2v) is 9.76. The number of aliphatic hydroxyl groups is 6. The highest BCUT2D eigenvalue weighted by Crippen LogP contribution is 2.29. The average Bonchev–Trinajstić information content (AvgIpc) is 2.93. The minimum Gasteiger partial charge on any atom is -0.463 e. The van der Waals surface area contributed by atoms with Gasteiger partial charge in [-0.1, -0.05) is 12.1 Å². The van der Waals surface area contributed by atoms with Crippen LogP contribution in [0, 0.1) is 0 Å². The molecule has 6 N–H and O–H groups in total. The molecule has 10 atom stereocenters. The van der Waals surface area contributed by atoms with Gasteiger partial charge in [-0.15, -0.1) is 0 Å². The number of fused-ring (bicyclic) bond motifs is 1. The lowest BCUT2D eigenvalue weighted by molar-refractivity contribution is -0.268. The smallest absolute Gasteiger partial charge is 0.229 e. The van der Waals surface area contributed by atoms with Crippen LogP contribution in [0.2, 0.25) is 0 Å². The highest BCUT2D eigenvalue weighted by Gasteiger charge is 2.44. The Bertz CT molecular complexity index is 1360. The quantitative estimate of drug-likeness (QED) is 0.249. The summed E-state index contributed by atoms with van der Waals surface area (Å²) in [6.07, 6.45) is -10.9. The second kappa shape index (κ2) is 10.8. The molecule has 3 aromatic rings. The van der Waals surface area contributed by atoms with Gasteiger partial charge in [0.25, 0.3) is 0 Å². The molecule has 0 radical (unpaired) electrons. The monoisotopic (exact) mass is 546 g/mol. The Hall–Kier alpha value is -3.07. The molecule has 210 valence electrons. The van der Waals surface area contributed by atoms with Gasteiger partial charge in [-0.25, -0.2) is 0 Å². The van der Waals surface area contributed by atoms with Gasteiger partial charge in [0.15, 0.2) is 5.43 Å². The molecule has 2 aliphatic heterocycles. The molecular weight excluding hydrogens is 516 g/mol. The highest BCUT2D eigenvalue weighted by molar-refractivity contribution is 5.82. The van der Waals surface area contributed by atoms with Crippen molar-refractivity contribution in [1.29, 1.82) is 0 Å². The summed E-state index contributed by atoms with van der Waals surface area (Å²) in [7, 11) is 0. The van der Waals surface area contributed by atoms with E-state index in [1.807, 2.05) is 0 Å². The van der Waals surface area contributed by atoms with Crippen LogP contribution in [0.1, 0.15) is 13.8 Å². The van der Waals surface area contributed by atoms with Gasteiger partial charge in [-0.2, -0.15) is 0 Å². The summed E-state index contributed by atoms with van der Waals surface area (Å²) in [5.74, 6) is 0.531. The van der Waals surface area contributed by atoms with E-state index < -0.39 is 61.4 Å². The Labute approximate surface area is 222 Å². The third kappa shape index (κ3) is 5.25. The van der Waals surface area contributed by atoms with Crippen LogP contribution in [0.25, 0.3) is 22.1 Å². The SMILES string of the molecule is C[C@@H]1O[C@H](Oc2ccc3c(=O)c(-c4ccc(O[C@@H]5O[C@H](C)[C@H](O)[C@@H](O)[C@H]5O)cc4)coc3c2)[C@H](O)[C@H](O)[C@H]1O. The van der Waals surface area contributed by atoms with Crippen LogP contribution in [0.4, 0.5) is 0 Å². The van der Waals surface area contributed by atoms with Gasteiger partial charge in [0.1, 0.15) is 60.0 Å². The third-order valence-electron chi connectivity index (χ3n) is 7.03. The van der Waals surface area contributed by atoms with Crippen LogP contribution in [0.3, 0.4) is 0 Å². The van der Waals surface area contributed by atoms with E-state index in [1.54, 1.807) is 38.1 Å². The van der Waals surface area contributed by atoms with Crippen molar-refractivity contribution in [3.63, 3.8) is 0 Å². The minimum atomic E-state index is -1.48. The molecule has 2 saturated heterocycles. The van der Waals surface area contributed by atoms with E-state index in [2.05, 4.69) is 0 Å². The normalized spacial score (nSPS) is 35.1. The molecule has 0 amide bonds. The first-order chi connectivity index (χ1) is 18.5. The van der Waals surface area contributed by atoms with Gasteiger partial charge < -0.3 is 54.0 Å². The molecule has 0 unspecified atom stereocenters. The van der Waals surface area contributed by atoms with E-state index >= 15 is 0 Å². The van der Waals surface area contributed by atoms with Crippen molar-refractivity contribution >= 4 is 11.0 Å². The summed E-state index contributed by atoms with van der Waals surface area (Å²) in [4.78, 5) is 13.2.